The molecule has 0 aliphatic carbocycles. The van der Waals surface area contributed by atoms with Gasteiger partial charge in [0.05, 0.1) is 0 Å². The van der Waals surface area contributed by atoms with Gasteiger partial charge in [0, 0.05) is 25.7 Å². The van der Waals surface area contributed by atoms with Gasteiger partial charge in [0.15, 0.2) is 6.10 Å². The quantitative estimate of drug-likeness (QED) is 0.785. The molecule has 1 aliphatic rings. The van der Waals surface area contributed by atoms with Crippen LogP contribution in [-0.2, 0) is 4.79 Å². The van der Waals surface area contributed by atoms with E-state index in [4.69, 9.17) is 0 Å². The van der Waals surface area contributed by atoms with E-state index in [1.807, 2.05) is 25.1 Å². The summed E-state index contributed by atoms with van der Waals surface area (Å²) in [6.45, 7) is 4.22. The van der Waals surface area contributed by atoms with E-state index in [0.29, 0.717) is 12.1 Å². The third-order valence-corrected chi connectivity index (χ3v) is 3.13. The molecular weight excluding hydrogens is 216 g/mol. The summed E-state index contributed by atoms with van der Waals surface area (Å²) < 4.78 is 0. The predicted octanol–water partition coefficient (Wildman–Crippen LogP) is 0.540. The van der Waals surface area contributed by atoms with Crippen LogP contribution < -0.4 is 5.32 Å². The van der Waals surface area contributed by atoms with Gasteiger partial charge in [-0.2, -0.15) is 0 Å². The first-order chi connectivity index (χ1) is 8.20. The molecule has 0 radical (unpaired) electrons. The maximum absolute atomic E-state index is 12.2. The summed E-state index contributed by atoms with van der Waals surface area (Å²) in [4.78, 5) is 13.9. The van der Waals surface area contributed by atoms with Gasteiger partial charge in [-0.15, -0.1) is 0 Å². The van der Waals surface area contributed by atoms with Crippen molar-refractivity contribution >= 4 is 5.91 Å². The van der Waals surface area contributed by atoms with Crippen molar-refractivity contribution in [1.82, 2.24) is 10.2 Å². The molecule has 1 aliphatic heterocycles. The molecule has 1 aromatic rings. The molecule has 17 heavy (non-hydrogen) atoms. The minimum absolute atomic E-state index is 0.134. The van der Waals surface area contributed by atoms with Gasteiger partial charge in [0.1, 0.15) is 0 Å². The number of aliphatic hydroxyl groups is 1. The van der Waals surface area contributed by atoms with Gasteiger partial charge in [-0.1, -0.05) is 30.3 Å². The lowest BCUT2D eigenvalue weighted by Gasteiger charge is -2.35. The molecule has 1 saturated heterocycles. The van der Waals surface area contributed by atoms with Crippen molar-refractivity contribution < 1.29 is 9.90 Å². The van der Waals surface area contributed by atoms with Gasteiger partial charge in [-0.3, -0.25) is 4.79 Å². The Labute approximate surface area is 101 Å². The zero-order valence-electron chi connectivity index (χ0n) is 9.97. The summed E-state index contributed by atoms with van der Waals surface area (Å²) >= 11 is 0. The maximum Gasteiger partial charge on any atom is 0.256 e. The third-order valence-electron chi connectivity index (χ3n) is 3.13. The number of aliphatic hydroxyl groups excluding tert-OH is 1. The fourth-order valence-electron chi connectivity index (χ4n) is 2.10. The molecule has 0 bridgehead atoms. The molecule has 1 unspecified atom stereocenters. The summed E-state index contributed by atoms with van der Waals surface area (Å²) in [6.07, 6.45) is -1.04. The zero-order chi connectivity index (χ0) is 12.3. The van der Waals surface area contributed by atoms with Crippen molar-refractivity contribution in [2.24, 2.45) is 0 Å². The standard InChI is InChI=1S/C13H18N2O2/c1-10-9-14-7-8-15(10)13(17)12(16)11-5-3-2-4-6-11/h2-6,10,12,14,16H,7-9H2,1H3/t10-,12?/m0/s1. The molecular formula is C13H18N2O2. The number of rotatable bonds is 2. The van der Waals surface area contributed by atoms with E-state index in [-0.39, 0.29) is 11.9 Å². The summed E-state index contributed by atoms with van der Waals surface area (Å²) in [5.41, 5.74) is 0.656. The van der Waals surface area contributed by atoms with Crippen LogP contribution in [0.25, 0.3) is 0 Å². The summed E-state index contributed by atoms with van der Waals surface area (Å²) in [5, 5.41) is 13.3. The number of amides is 1. The zero-order valence-corrected chi connectivity index (χ0v) is 9.97. The highest BCUT2D eigenvalue weighted by Gasteiger charge is 2.28. The monoisotopic (exact) mass is 234 g/mol. The van der Waals surface area contributed by atoms with Crippen LogP contribution in [0.3, 0.4) is 0 Å². The number of benzene rings is 1. The Balaban J connectivity index is 2.09. The number of nitrogens with one attached hydrogen (secondary N) is 1. The lowest BCUT2D eigenvalue weighted by atomic mass is 10.1. The highest BCUT2D eigenvalue weighted by atomic mass is 16.3. The summed E-state index contributed by atoms with van der Waals surface area (Å²) in [5.74, 6) is -0.204. The van der Waals surface area contributed by atoms with Crippen LogP contribution in [0.2, 0.25) is 0 Å². The van der Waals surface area contributed by atoms with E-state index in [2.05, 4.69) is 5.32 Å². The van der Waals surface area contributed by atoms with Gasteiger partial charge < -0.3 is 15.3 Å². The smallest absolute Gasteiger partial charge is 0.256 e. The van der Waals surface area contributed by atoms with Crippen molar-refractivity contribution in [3.8, 4) is 0 Å². The number of nitrogens with zero attached hydrogens (tertiary/aromatic N) is 1. The molecule has 2 rings (SSSR count). The second-order valence-electron chi connectivity index (χ2n) is 4.40. The average Bonchev–Trinajstić information content (AvgIpc) is 2.39. The van der Waals surface area contributed by atoms with E-state index in [9.17, 15) is 9.90 Å². The van der Waals surface area contributed by atoms with Crippen LogP contribution in [0.4, 0.5) is 0 Å². The summed E-state index contributed by atoms with van der Waals surface area (Å²) in [6, 6.07) is 9.20. The molecule has 0 aromatic heterocycles. The fraction of sp³-hybridized carbons (Fsp3) is 0.462. The average molecular weight is 234 g/mol. The van der Waals surface area contributed by atoms with E-state index in [1.54, 1.807) is 17.0 Å². The van der Waals surface area contributed by atoms with Crippen LogP contribution in [-0.4, -0.2) is 41.6 Å². The number of hydrogen-bond acceptors (Lipinski definition) is 3. The lowest BCUT2D eigenvalue weighted by molar-refractivity contribution is -0.143. The molecule has 1 fully saturated rings. The van der Waals surface area contributed by atoms with Gasteiger partial charge in [0.25, 0.3) is 5.91 Å². The number of carbonyl (C=O) groups excluding carboxylic acids is 1. The SMILES string of the molecule is C[C@H]1CNCCN1C(=O)C(O)c1ccccc1. The topological polar surface area (TPSA) is 52.6 Å². The molecule has 1 heterocycles. The van der Waals surface area contributed by atoms with Crippen molar-refractivity contribution in [3.05, 3.63) is 35.9 Å². The Morgan fingerprint density at radius 2 is 2.18 bits per heavy atom. The van der Waals surface area contributed by atoms with Crippen molar-refractivity contribution in [3.63, 3.8) is 0 Å². The van der Waals surface area contributed by atoms with Gasteiger partial charge in [-0.05, 0) is 12.5 Å². The normalized spacial score (nSPS) is 22.2. The minimum atomic E-state index is -1.04. The highest BCUT2D eigenvalue weighted by molar-refractivity contribution is 5.82. The van der Waals surface area contributed by atoms with Crippen LogP contribution in [0, 0.1) is 0 Å². The molecule has 92 valence electrons. The van der Waals surface area contributed by atoms with Gasteiger partial charge in [-0.25, -0.2) is 0 Å². The second-order valence-corrected chi connectivity index (χ2v) is 4.40. The maximum atomic E-state index is 12.2. The molecule has 1 amide bonds. The summed E-state index contributed by atoms with van der Waals surface area (Å²) in [7, 11) is 0. The Morgan fingerprint density at radius 3 is 2.82 bits per heavy atom. The first-order valence-electron chi connectivity index (χ1n) is 5.94. The number of carbonyl (C=O) groups is 1. The first-order valence-corrected chi connectivity index (χ1v) is 5.94. The van der Waals surface area contributed by atoms with E-state index >= 15 is 0 Å². The molecule has 4 heteroatoms. The second kappa shape index (κ2) is 5.29. The van der Waals surface area contributed by atoms with Crippen LogP contribution >= 0.6 is 0 Å². The van der Waals surface area contributed by atoms with Crippen LogP contribution in [0.5, 0.6) is 0 Å². The highest BCUT2D eigenvalue weighted by Crippen LogP contribution is 2.17. The van der Waals surface area contributed by atoms with Crippen LogP contribution in [0.15, 0.2) is 30.3 Å². The Bertz CT molecular complexity index is 380. The molecule has 0 spiro atoms. The molecule has 2 N–H and O–H groups in total. The Morgan fingerprint density at radius 1 is 1.47 bits per heavy atom. The Hall–Kier alpha value is -1.39. The first kappa shape index (κ1) is 12.1. The third kappa shape index (κ3) is 2.65. The van der Waals surface area contributed by atoms with Gasteiger partial charge >= 0.3 is 0 Å². The molecule has 4 nitrogen and oxygen atoms in total. The Kier molecular flexibility index (Phi) is 3.76. The van der Waals surface area contributed by atoms with E-state index in [1.165, 1.54) is 0 Å². The van der Waals surface area contributed by atoms with Crippen molar-refractivity contribution in [2.45, 2.75) is 19.1 Å². The lowest BCUT2D eigenvalue weighted by Crippen LogP contribution is -2.53. The van der Waals surface area contributed by atoms with Crippen LogP contribution in [0.1, 0.15) is 18.6 Å². The van der Waals surface area contributed by atoms with Crippen molar-refractivity contribution in [1.29, 1.82) is 0 Å². The number of piperazine rings is 1. The van der Waals surface area contributed by atoms with Crippen molar-refractivity contribution in [2.75, 3.05) is 19.6 Å². The molecule has 2 atom stereocenters. The van der Waals surface area contributed by atoms with E-state index < -0.39 is 6.10 Å². The molecule has 0 saturated carbocycles. The van der Waals surface area contributed by atoms with E-state index in [0.717, 1.165) is 13.1 Å². The molecule has 1 aromatic carbocycles. The minimum Gasteiger partial charge on any atom is -0.378 e. The largest absolute Gasteiger partial charge is 0.378 e. The fourth-order valence-corrected chi connectivity index (χ4v) is 2.10. The predicted molar refractivity (Wildman–Crippen MR) is 65.4 cm³/mol. The number of hydrogen-bond donors (Lipinski definition) is 2. The van der Waals surface area contributed by atoms with Gasteiger partial charge in [0.2, 0.25) is 0 Å².